The van der Waals surface area contributed by atoms with Crippen LogP contribution in [0.2, 0.25) is 0 Å². The molecule has 0 amide bonds. The zero-order chi connectivity index (χ0) is 11.7. The highest BCUT2D eigenvalue weighted by molar-refractivity contribution is 5.26. The van der Waals surface area contributed by atoms with Gasteiger partial charge in [0.1, 0.15) is 5.75 Å². The van der Waals surface area contributed by atoms with Crippen LogP contribution < -0.4 is 5.32 Å². The molecule has 2 nitrogen and oxygen atoms in total. The van der Waals surface area contributed by atoms with Gasteiger partial charge in [-0.1, -0.05) is 25.0 Å². The summed E-state index contributed by atoms with van der Waals surface area (Å²) in [4.78, 5) is 0. The monoisotopic (exact) mass is 231 g/mol. The summed E-state index contributed by atoms with van der Waals surface area (Å²) >= 11 is 0. The fraction of sp³-hybridized carbons (Fsp3) is 0.600. The third-order valence-electron chi connectivity index (χ3n) is 4.34. The molecule has 0 heterocycles. The van der Waals surface area contributed by atoms with E-state index in [4.69, 9.17) is 0 Å². The van der Waals surface area contributed by atoms with Crippen molar-refractivity contribution in [2.75, 3.05) is 6.54 Å². The van der Waals surface area contributed by atoms with Gasteiger partial charge < -0.3 is 10.4 Å². The molecule has 0 radical (unpaired) electrons. The lowest BCUT2D eigenvalue weighted by Crippen LogP contribution is -2.34. The molecule has 2 fully saturated rings. The van der Waals surface area contributed by atoms with Crippen LogP contribution in [-0.4, -0.2) is 17.7 Å². The summed E-state index contributed by atoms with van der Waals surface area (Å²) in [7, 11) is 0. The SMILES string of the molecule is Oc1ccc(CCNC2CCC[C@H]3C[C@@H]23)cc1. The first-order chi connectivity index (χ1) is 8.33. The third-order valence-corrected chi connectivity index (χ3v) is 4.34. The Kier molecular flexibility index (Phi) is 3.06. The van der Waals surface area contributed by atoms with Crippen LogP contribution in [0.15, 0.2) is 24.3 Å². The molecule has 2 heteroatoms. The zero-order valence-electron chi connectivity index (χ0n) is 10.2. The number of hydrogen-bond acceptors (Lipinski definition) is 2. The summed E-state index contributed by atoms with van der Waals surface area (Å²) in [5, 5.41) is 12.9. The van der Waals surface area contributed by atoms with Crippen molar-refractivity contribution in [3.63, 3.8) is 0 Å². The second kappa shape index (κ2) is 4.69. The number of phenolic OH excluding ortho intramolecular Hbond substituents is 1. The largest absolute Gasteiger partial charge is 0.508 e. The minimum atomic E-state index is 0.356. The molecule has 2 aliphatic carbocycles. The molecule has 1 aromatic carbocycles. The molecule has 0 spiro atoms. The molecule has 2 saturated carbocycles. The molecule has 92 valence electrons. The first-order valence-corrected chi connectivity index (χ1v) is 6.84. The van der Waals surface area contributed by atoms with E-state index in [1.54, 1.807) is 12.1 Å². The first-order valence-electron chi connectivity index (χ1n) is 6.84. The topological polar surface area (TPSA) is 32.3 Å². The van der Waals surface area contributed by atoms with E-state index in [2.05, 4.69) is 5.32 Å². The van der Waals surface area contributed by atoms with Crippen molar-refractivity contribution < 1.29 is 5.11 Å². The number of nitrogens with one attached hydrogen (secondary N) is 1. The van der Waals surface area contributed by atoms with Crippen LogP contribution in [0.1, 0.15) is 31.2 Å². The van der Waals surface area contributed by atoms with E-state index in [-0.39, 0.29) is 0 Å². The van der Waals surface area contributed by atoms with Crippen molar-refractivity contribution in [2.45, 2.75) is 38.1 Å². The van der Waals surface area contributed by atoms with Crippen molar-refractivity contribution in [1.29, 1.82) is 0 Å². The van der Waals surface area contributed by atoms with Gasteiger partial charge in [-0.2, -0.15) is 0 Å². The van der Waals surface area contributed by atoms with Gasteiger partial charge in [0, 0.05) is 6.04 Å². The minimum absolute atomic E-state index is 0.356. The second-order valence-corrected chi connectivity index (χ2v) is 5.57. The van der Waals surface area contributed by atoms with Crippen LogP contribution in [-0.2, 0) is 6.42 Å². The Morgan fingerprint density at radius 2 is 2.00 bits per heavy atom. The molecule has 0 aliphatic heterocycles. The van der Waals surface area contributed by atoms with E-state index in [0.29, 0.717) is 5.75 Å². The maximum atomic E-state index is 9.21. The minimum Gasteiger partial charge on any atom is -0.508 e. The van der Waals surface area contributed by atoms with Gasteiger partial charge in [0.05, 0.1) is 0 Å². The average molecular weight is 231 g/mol. The average Bonchev–Trinajstić information content (AvgIpc) is 3.12. The summed E-state index contributed by atoms with van der Waals surface area (Å²) in [6.07, 6.45) is 6.79. The summed E-state index contributed by atoms with van der Waals surface area (Å²) in [6, 6.07) is 8.35. The summed E-state index contributed by atoms with van der Waals surface area (Å²) in [6.45, 7) is 1.07. The quantitative estimate of drug-likeness (QED) is 0.835. The van der Waals surface area contributed by atoms with Gasteiger partial charge in [0.15, 0.2) is 0 Å². The van der Waals surface area contributed by atoms with Gasteiger partial charge in [-0.25, -0.2) is 0 Å². The number of phenols is 1. The highest BCUT2D eigenvalue weighted by Gasteiger charge is 2.44. The van der Waals surface area contributed by atoms with E-state index in [1.165, 1.54) is 31.2 Å². The van der Waals surface area contributed by atoms with Gasteiger partial charge in [-0.15, -0.1) is 0 Å². The Morgan fingerprint density at radius 1 is 1.18 bits per heavy atom. The highest BCUT2D eigenvalue weighted by atomic mass is 16.3. The molecule has 3 rings (SSSR count). The molecular weight excluding hydrogens is 210 g/mol. The lowest BCUT2D eigenvalue weighted by molar-refractivity contribution is 0.356. The first kappa shape index (κ1) is 11.1. The van der Waals surface area contributed by atoms with Crippen molar-refractivity contribution in [2.24, 2.45) is 11.8 Å². The van der Waals surface area contributed by atoms with Gasteiger partial charge in [0.25, 0.3) is 0 Å². The van der Waals surface area contributed by atoms with Crippen molar-refractivity contribution in [3.8, 4) is 5.75 Å². The predicted molar refractivity (Wildman–Crippen MR) is 69.0 cm³/mol. The van der Waals surface area contributed by atoms with Gasteiger partial charge >= 0.3 is 0 Å². The smallest absolute Gasteiger partial charge is 0.115 e. The Bertz CT molecular complexity index is 373. The molecule has 1 unspecified atom stereocenters. The van der Waals surface area contributed by atoms with Gasteiger partial charge in [-0.3, -0.25) is 0 Å². The molecule has 2 aliphatic rings. The van der Waals surface area contributed by atoms with Crippen LogP contribution in [0, 0.1) is 11.8 Å². The van der Waals surface area contributed by atoms with Gasteiger partial charge in [-0.05, 0) is 55.3 Å². The number of benzene rings is 1. The summed E-state index contributed by atoms with van der Waals surface area (Å²) in [5.74, 6) is 2.40. The molecule has 17 heavy (non-hydrogen) atoms. The fourth-order valence-corrected chi connectivity index (χ4v) is 3.23. The van der Waals surface area contributed by atoms with Crippen molar-refractivity contribution in [3.05, 3.63) is 29.8 Å². The van der Waals surface area contributed by atoms with Gasteiger partial charge in [0.2, 0.25) is 0 Å². The second-order valence-electron chi connectivity index (χ2n) is 5.57. The molecule has 0 bridgehead atoms. The number of rotatable bonds is 4. The predicted octanol–water partition coefficient (Wildman–Crippen LogP) is 2.71. The standard InChI is InChI=1S/C15H21NO/c17-13-6-4-11(5-7-13)8-9-16-15-3-1-2-12-10-14(12)15/h4-7,12,14-17H,1-3,8-10H2/t12-,14+,15?/m0/s1. The molecular formula is C15H21NO. The normalized spacial score (nSPS) is 30.9. The summed E-state index contributed by atoms with van der Waals surface area (Å²) in [5.41, 5.74) is 1.30. The van der Waals surface area contributed by atoms with E-state index in [9.17, 15) is 5.11 Å². The molecule has 0 saturated heterocycles. The Hall–Kier alpha value is -1.02. The van der Waals surface area contributed by atoms with Crippen molar-refractivity contribution >= 4 is 0 Å². The molecule has 1 aromatic rings. The van der Waals surface area contributed by atoms with Crippen LogP contribution in [0.25, 0.3) is 0 Å². The third kappa shape index (κ3) is 2.63. The number of fused-ring (bicyclic) bond motifs is 1. The van der Waals surface area contributed by atoms with E-state index in [0.717, 1.165) is 30.8 Å². The lowest BCUT2D eigenvalue weighted by Gasteiger charge is -2.22. The van der Waals surface area contributed by atoms with Crippen molar-refractivity contribution in [1.82, 2.24) is 5.32 Å². The van der Waals surface area contributed by atoms with Crippen LogP contribution in [0.4, 0.5) is 0 Å². The van der Waals surface area contributed by atoms with E-state index < -0.39 is 0 Å². The molecule has 2 N–H and O–H groups in total. The Morgan fingerprint density at radius 3 is 2.82 bits per heavy atom. The fourth-order valence-electron chi connectivity index (χ4n) is 3.23. The van der Waals surface area contributed by atoms with Crippen LogP contribution in [0.5, 0.6) is 5.75 Å². The van der Waals surface area contributed by atoms with E-state index >= 15 is 0 Å². The Balaban J connectivity index is 1.44. The molecule has 0 aromatic heterocycles. The maximum Gasteiger partial charge on any atom is 0.115 e. The number of aromatic hydroxyl groups is 1. The summed E-state index contributed by atoms with van der Waals surface area (Å²) < 4.78 is 0. The van der Waals surface area contributed by atoms with Crippen LogP contribution in [0.3, 0.4) is 0 Å². The number of hydrogen-bond donors (Lipinski definition) is 2. The highest BCUT2D eigenvalue weighted by Crippen LogP contribution is 2.49. The maximum absolute atomic E-state index is 9.21. The Labute approximate surface area is 103 Å². The van der Waals surface area contributed by atoms with Crippen LogP contribution >= 0.6 is 0 Å². The zero-order valence-corrected chi connectivity index (χ0v) is 10.2. The van der Waals surface area contributed by atoms with E-state index in [1.807, 2.05) is 12.1 Å². The lowest BCUT2D eigenvalue weighted by atomic mass is 9.95. The molecule has 3 atom stereocenters.